The number of para-hydroxylation sites is 1. The van der Waals surface area contributed by atoms with Crippen molar-refractivity contribution in [3.63, 3.8) is 0 Å². The highest BCUT2D eigenvalue weighted by molar-refractivity contribution is 6.12. The average molecular weight is 354 g/mol. The molecule has 1 heterocycles. The Kier molecular flexibility index (Phi) is 4.24. The van der Waals surface area contributed by atoms with Gasteiger partial charge in [-0.1, -0.05) is 18.2 Å². The van der Waals surface area contributed by atoms with Crippen molar-refractivity contribution in [3.05, 3.63) is 65.9 Å². The fourth-order valence-electron chi connectivity index (χ4n) is 2.89. The van der Waals surface area contributed by atoms with Crippen LogP contribution in [0.25, 0.3) is 10.9 Å². The van der Waals surface area contributed by atoms with Gasteiger partial charge in [0.25, 0.3) is 5.91 Å². The van der Waals surface area contributed by atoms with Crippen LogP contribution in [-0.4, -0.2) is 17.5 Å². The number of aromatic nitrogens is 1. The van der Waals surface area contributed by atoms with Gasteiger partial charge in [-0.25, -0.2) is 0 Å². The Morgan fingerprint density at radius 1 is 1.12 bits per heavy atom. The first kappa shape index (κ1) is 16.4. The van der Waals surface area contributed by atoms with Crippen LogP contribution in [0.5, 0.6) is 5.75 Å². The Hall–Kier alpha value is -3.02. The third kappa shape index (κ3) is 3.49. The lowest BCUT2D eigenvalue weighted by Gasteiger charge is -2.11. The maximum atomic E-state index is 12.8. The normalized spacial score (nSPS) is 13.8. The minimum absolute atomic E-state index is 0.0448. The van der Waals surface area contributed by atoms with E-state index in [0.717, 1.165) is 29.4 Å². The van der Waals surface area contributed by atoms with Gasteiger partial charge in [-0.05, 0) is 49.2 Å². The molecule has 0 bridgehead atoms. The molecule has 0 saturated heterocycles. The highest BCUT2D eigenvalue weighted by Crippen LogP contribution is 2.40. The monoisotopic (exact) mass is 354 g/mol. The number of benzene rings is 2. The molecule has 0 radical (unpaired) electrons. The summed E-state index contributed by atoms with van der Waals surface area (Å²) in [5, 5.41) is 3.59. The largest absolute Gasteiger partial charge is 0.435 e. The maximum absolute atomic E-state index is 12.8. The van der Waals surface area contributed by atoms with E-state index in [1.807, 2.05) is 30.3 Å². The maximum Gasteiger partial charge on any atom is 0.387 e. The van der Waals surface area contributed by atoms with Crippen molar-refractivity contribution < 1.29 is 18.3 Å². The topological polar surface area (TPSA) is 51.2 Å². The quantitative estimate of drug-likeness (QED) is 0.704. The van der Waals surface area contributed by atoms with Crippen LogP contribution in [0.2, 0.25) is 0 Å². The molecule has 0 aliphatic heterocycles. The molecule has 1 amide bonds. The Labute approximate surface area is 148 Å². The fraction of sp³-hybridized carbons (Fsp3) is 0.200. The fourth-order valence-corrected chi connectivity index (χ4v) is 2.89. The lowest BCUT2D eigenvalue weighted by atomic mass is 10.1. The van der Waals surface area contributed by atoms with Crippen molar-refractivity contribution in [1.29, 1.82) is 0 Å². The van der Waals surface area contributed by atoms with E-state index < -0.39 is 6.61 Å². The Bertz CT molecular complexity index is 954. The molecule has 1 aliphatic carbocycles. The van der Waals surface area contributed by atoms with E-state index in [1.165, 1.54) is 24.3 Å². The van der Waals surface area contributed by atoms with Gasteiger partial charge in [0.1, 0.15) is 5.75 Å². The minimum atomic E-state index is -2.88. The van der Waals surface area contributed by atoms with Crippen LogP contribution in [0.4, 0.5) is 14.5 Å². The van der Waals surface area contributed by atoms with E-state index >= 15 is 0 Å². The lowest BCUT2D eigenvalue weighted by molar-refractivity contribution is -0.0498. The second-order valence-electron chi connectivity index (χ2n) is 6.24. The van der Waals surface area contributed by atoms with E-state index in [-0.39, 0.29) is 11.7 Å². The molecule has 4 nitrogen and oxygen atoms in total. The summed E-state index contributed by atoms with van der Waals surface area (Å²) in [7, 11) is 0. The smallest absolute Gasteiger partial charge is 0.387 e. The molecule has 26 heavy (non-hydrogen) atoms. The Morgan fingerprint density at radius 2 is 1.85 bits per heavy atom. The van der Waals surface area contributed by atoms with Gasteiger partial charge < -0.3 is 10.1 Å². The van der Waals surface area contributed by atoms with Gasteiger partial charge in [0.05, 0.1) is 11.1 Å². The van der Waals surface area contributed by atoms with Crippen LogP contribution >= 0.6 is 0 Å². The van der Waals surface area contributed by atoms with E-state index in [4.69, 9.17) is 0 Å². The first-order valence-corrected chi connectivity index (χ1v) is 8.36. The zero-order chi connectivity index (χ0) is 18.1. The van der Waals surface area contributed by atoms with Gasteiger partial charge in [-0.3, -0.25) is 9.78 Å². The number of amides is 1. The van der Waals surface area contributed by atoms with Crippen LogP contribution in [0, 0.1) is 0 Å². The molecule has 1 aromatic heterocycles. The number of rotatable bonds is 5. The van der Waals surface area contributed by atoms with E-state index in [9.17, 15) is 13.6 Å². The van der Waals surface area contributed by atoms with E-state index in [1.54, 1.807) is 0 Å². The number of nitrogens with zero attached hydrogens (tertiary/aromatic N) is 1. The lowest BCUT2D eigenvalue weighted by Crippen LogP contribution is -2.13. The highest BCUT2D eigenvalue weighted by Gasteiger charge is 2.27. The van der Waals surface area contributed by atoms with Gasteiger partial charge in [0, 0.05) is 22.7 Å². The standard InChI is InChI=1S/C20H16F2N2O2/c21-20(22)26-14-9-7-13(8-10-14)23-19(25)16-11-18(12-5-6-12)24-17-4-2-1-3-15(16)17/h1-4,7-12,20H,5-6H2,(H,23,25). The summed E-state index contributed by atoms with van der Waals surface area (Å²) in [5.74, 6) is 0.216. The molecule has 0 unspecified atom stereocenters. The summed E-state index contributed by atoms with van der Waals surface area (Å²) >= 11 is 0. The number of anilines is 1. The summed E-state index contributed by atoms with van der Waals surface area (Å²) in [5.41, 5.74) is 2.80. The number of nitrogens with one attached hydrogen (secondary N) is 1. The number of halogens is 2. The third-order valence-electron chi connectivity index (χ3n) is 4.31. The Morgan fingerprint density at radius 3 is 2.54 bits per heavy atom. The van der Waals surface area contributed by atoms with Crippen LogP contribution in [0.1, 0.15) is 34.8 Å². The third-order valence-corrected chi connectivity index (χ3v) is 4.31. The molecular weight excluding hydrogens is 338 g/mol. The van der Waals surface area contributed by atoms with Crippen molar-refractivity contribution in [2.75, 3.05) is 5.32 Å². The molecule has 132 valence electrons. The molecule has 1 saturated carbocycles. The van der Waals surface area contributed by atoms with E-state index in [0.29, 0.717) is 17.2 Å². The van der Waals surface area contributed by atoms with Crippen molar-refractivity contribution in [2.45, 2.75) is 25.4 Å². The number of ether oxygens (including phenoxy) is 1. The van der Waals surface area contributed by atoms with Gasteiger partial charge in [0.2, 0.25) is 0 Å². The van der Waals surface area contributed by atoms with Crippen molar-refractivity contribution >= 4 is 22.5 Å². The predicted octanol–water partition coefficient (Wildman–Crippen LogP) is 4.97. The molecule has 2 aromatic carbocycles. The molecule has 0 spiro atoms. The summed E-state index contributed by atoms with van der Waals surface area (Å²) in [4.78, 5) is 17.5. The number of fused-ring (bicyclic) bond motifs is 1. The van der Waals surface area contributed by atoms with Gasteiger partial charge >= 0.3 is 6.61 Å². The SMILES string of the molecule is O=C(Nc1ccc(OC(F)F)cc1)c1cc(C2CC2)nc2ccccc12. The van der Waals surface area contributed by atoms with Crippen LogP contribution in [0.3, 0.4) is 0 Å². The molecule has 1 N–H and O–H groups in total. The molecule has 1 fully saturated rings. The number of hydrogen-bond donors (Lipinski definition) is 1. The summed E-state index contributed by atoms with van der Waals surface area (Å²) < 4.78 is 28.7. The molecular formula is C20H16F2N2O2. The first-order chi connectivity index (χ1) is 12.6. The van der Waals surface area contributed by atoms with Crippen molar-refractivity contribution in [1.82, 2.24) is 4.98 Å². The molecule has 4 rings (SSSR count). The first-order valence-electron chi connectivity index (χ1n) is 8.36. The molecule has 6 heteroatoms. The molecule has 3 aromatic rings. The van der Waals surface area contributed by atoms with Crippen molar-refractivity contribution in [2.24, 2.45) is 0 Å². The number of hydrogen-bond acceptors (Lipinski definition) is 3. The summed E-state index contributed by atoms with van der Waals surface area (Å²) in [6, 6.07) is 15.2. The summed E-state index contributed by atoms with van der Waals surface area (Å²) in [6.45, 7) is -2.88. The number of pyridine rings is 1. The van der Waals surface area contributed by atoms with Crippen LogP contribution in [-0.2, 0) is 0 Å². The second kappa shape index (κ2) is 6.71. The minimum Gasteiger partial charge on any atom is -0.435 e. The average Bonchev–Trinajstić information content (AvgIpc) is 3.47. The summed E-state index contributed by atoms with van der Waals surface area (Å²) in [6.07, 6.45) is 2.19. The zero-order valence-corrected chi connectivity index (χ0v) is 13.8. The Balaban J connectivity index is 1.61. The number of alkyl halides is 2. The zero-order valence-electron chi connectivity index (χ0n) is 13.8. The number of carbonyl (C=O) groups excluding carboxylic acids is 1. The van der Waals surface area contributed by atoms with Gasteiger partial charge in [-0.2, -0.15) is 8.78 Å². The highest BCUT2D eigenvalue weighted by atomic mass is 19.3. The van der Waals surface area contributed by atoms with Gasteiger partial charge in [-0.15, -0.1) is 0 Å². The van der Waals surface area contributed by atoms with Crippen LogP contribution < -0.4 is 10.1 Å². The predicted molar refractivity (Wildman–Crippen MR) is 94.7 cm³/mol. The van der Waals surface area contributed by atoms with Gasteiger partial charge in [0.15, 0.2) is 0 Å². The van der Waals surface area contributed by atoms with Crippen LogP contribution in [0.15, 0.2) is 54.6 Å². The molecule has 1 aliphatic rings. The molecule has 0 atom stereocenters. The van der Waals surface area contributed by atoms with E-state index in [2.05, 4.69) is 15.0 Å². The number of carbonyl (C=O) groups is 1. The van der Waals surface area contributed by atoms with Crippen molar-refractivity contribution in [3.8, 4) is 5.75 Å². The second-order valence-corrected chi connectivity index (χ2v) is 6.24.